The Bertz CT molecular complexity index is 626. The summed E-state index contributed by atoms with van der Waals surface area (Å²) in [6.07, 6.45) is 3.53. The zero-order chi connectivity index (χ0) is 15.9. The first-order valence-electron chi connectivity index (χ1n) is 8.62. The normalized spacial score (nSPS) is 27.1. The molecule has 3 heterocycles. The number of H-pyrrole nitrogens is 1. The number of morpholine rings is 2. The van der Waals surface area contributed by atoms with Crippen LogP contribution in [0.2, 0.25) is 0 Å². The van der Waals surface area contributed by atoms with Crippen LogP contribution in [0.5, 0.6) is 0 Å². The second-order valence-electron chi connectivity index (χ2n) is 6.99. The Morgan fingerprint density at radius 1 is 1.22 bits per heavy atom. The molecule has 4 rings (SSSR count). The van der Waals surface area contributed by atoms with E-state index >= 15 is 0 Å². The highest BCUT2D eigenvalue weighted by Crippen LogP contribution is 2.42. The Morgan fingerprint density at radius 2 is 2.04 bits per heavy atom. The Labute approximate surface area is 136 Å². The second kappa shape index (κ2) is 5.83. The molecule has 2 saturated heterocycles. The van der Waals surface area contributed by atoms with Crippen LogP contribution in [0, 0.1) is 0 Å². The van der Waals surface area contributed by atoms with E-state index in [1.165, 1.54) is 6.42 Å². The lowest BCUT2D eigenvalue weighted by Crippen LogP contribution is -2.61. The number of anilines is 2. The molecule has 1 saturated carbocycles. The van der Waals surface area contributed by atoms with Gasteiger partial charge in [-0.1, -0.05) is 0 Å². The molecule has 0 bridgehead atoms. The van der Waals surface area contributed by atoms with Crippen LogP contribution < -0.4 is 15.4 Å². The van der Waals surface area contributed by atoms with Gasteiger partial charge in [-0.25, -0.2) is 0 Å². The first kappa shape index (κ1) is 15.0. The number of aromatic amines is 1. The Hall–Kier alpha value is -1.53. The van der Waals surface area contributed by atoms with Gasteiger partial charge >= 0.3 is 0 Å². The molecule has 6 nitrogen and oxygen atoms in total. The first-order chi connectivity index (χ1) is 11.2. The van der Waals surface area contributed by atoms with E-state index in [-0.39, 0.29) is 11.1 Å². The van der Waals surface area contributed by atoms with Crippen molar-refractivity contribution >= 4 is 11.5 Å². The van der Waals surface area contributed by atoms with E-state index in [0.717, 1.165) is 50.7 Å². The van der Waals surface area contributed by atoms with E-state index in [1.54, 1.807) is 6.07 Å². The van der Waals surface area contributed by atoms with E-state index in [1.807, 2.05) is 0 Å². The lowest BCUT2D eigenvalue weighted by atomic mass is 9.75. The first-order valence-corrected chi connectivity index (χ1v) is 8.62. The number of pyridine rings is 1. The molecule has 6 heteroatoms. The third-order valence-electron chi connectivity index (χ3n) is 5.49. The maximum absolute atomic E-state index is 12.2. The largest absolute Gasteiger partial charge is 0.377 e. The maximum atomic E-state index is 12.2. The fourth-order valence-electron chi connectivity index (χ4n) is 4.04. The van der Waals surface area contributed by atoms with E-state index in [2.05, 4.69) is 27.8 Å². The molecule has 0 radical (unpaired) electrons. The van der Waals surface area contributed by atoms with Gasteiger partial charge in [0.25, 0.3) is 5.56 Å². The van der Waals surface area contributed by atoms with Crippen molar-refractivity contribution in [3.05, 3.63) is 22.5 Å². The van der Waals surface area contributed by atoms with Crippen molar-refractivity contribution in [2.24, 2.45) is 0 Å². The molecule has 0 amide bonds. The van der Waals surface area contributed by atoms with Gasteiger partial charge in [0.2, 0.25) is 0 Å². The topological polar surface area (TPSA) is 57.8 Å². The predicted octanol–water partition coefficient (Wildman–Crippen LogP) is 1.36. The van der Waals surface area contributed by atoms with Crippen molar-refractivity contribution in [1.82, 2.24) is 4.98 Å². The number of rotatable bonds is 2. The molecule has 126 valence electrons. The second-order valence-corrected chi connectivity index (χ2v) is 6.99. The van der Waals surface area contributed by atoms with Crippen molar-refractivity contribution in [2.75, 3.05) is 49.3 Å². The number of ether oxygens (including phenoxy) is 2. The smallest absolute Gasteiger partial charge is 0.251 e. The van der Waals surface area contributed by atoms with E-state index in [0.29, 0.717) is 19.3 Å². The molecule has 2 aliphatic heterocycles. The van der Waals surface area contributed by atoms with Crippen molar-refractivity contribution in [3.63, 3.8) is 0 Å². The summed E-state index contributed by atoms with van der Waals surface area (Å²) >= 11 is 0. The van der Waals surface area contributed by atoms with Gasteiger partial charge in [-0.3, -0.25) is 4.79 Å². The Kier molecular flexibility index (Phi) is 3.81. The summed E-state index contributed by atoms with van der Waals surface area (Å²) in [6.45, 7) is 6.74. The summed E-state index contributed by atoms with van der Waals surface area (Å²) in [7, 11) is 0. The predicted molar refractivity (Wildman–Crippen MR) is 89.4 cm³/mol. The molecule has 1 N–H and O–H groups in total. The average Bonchev–Trinajstić information content (AvgIpc) is 2.53. The average molecular weight is 319 g/mol. The number of nitrogens with zero attached hydrogens (tertiary/aromatic N) is 2. The van der Waals surface area contributed by atoms with Crippen LogP contribution in [0.15, 0.2) is 16.9 Å². The van der Waals surface area contributed by atoms with Gasteiger partial charge in [-0.15, -0.1) is 0 Å². The van der Waals surface area contributed by atoms with Crippen LogP contribution in [0.1, 0.15) is 26.2 Å². The summed E-state index contributed by atoms with van der Waals surface area (Å²) in [5.41, 5.74) is 1.06. The monoisotopic (exact) mass is 319 g/mol. The molecular formula is C17H25N3O3. The summed E-state index contributed by atoms with van der Waals surface area (Å²) < 4.78 is 11.2. The SMILES string of the molecule is C[C@@H]1COCCN1c1cc(N2CCOCC23CCC3)[nH]c(=O)c1. The van der Waals surface area contributed by atoms with Gasteiger partial charge < -0.3 is 24.3 Å². The minimum atomic E-state index is -0.0304. The quantitative estimate of drug-likeness (QED) is 0.892. The van der Waals surface area contributed by atoms with Gasteiger partial charge in [0, 0.05) is 37.0 Å². The number of nitrogens with one attached hydrogen (secondary N) is 1. The number of hydrogen-bond acceptors (Lipinski definition) is 5. The lowest BCUT2D eigenvalue weighted by molar-refractivity contribution is 0.0129. The summed E-state index contributed by atoms with van der Waals surface area (Å²) in [4.78, 5) is 19.9. The fourth-order valence-corrected chi connectivity index (χ4v) is 4.04. The van der Waals surface area contributed by atoms with E-state index in [4.69, 9.17) is 9.47 Å². The highest BCUT2D eigenvalue weighted by molar-refractivity contribution is 5.57. The number of aromatic nitrogens is 1. The molecule has 23 heavy (non-hydrogen) atoms. The fraction of sp³-hybridized carbons (Fsp3) is 0.706. The molecule has 3 aliphatic rings. The van der Waals surface area contributed by atoms with Gasteiger partial charge in [-0.2, -0.15) is 0 Å². The van der Waals surface area contributed by atoms with Crippen LogP contribution in [0.25, 0.3) is 0 Å². The van der Waals surface area contributed by atoms with Gasteiger partial charge in [0.15, 0.2) is 0 Å². The Morgan fingerprint density at radius 3 is 2.78 bits per heavy atom. The third-order valence-corrected chi connectivity index (χ3v) is 5.49. The minimum absolute atomic E-state index is 0.0304. The van der Waals surface area contributed by atoms with Crippen molar-refractivity contribution in [2.45, 2.75) is 37.8 Å². The molecule has 1 spiro atoms. The van der Waals surface area contributed by atoms with Crippen LogP contribution in [-0.4, -0.2) is 56.1 Å². The lowest BCUT2D eigenvalue weighted by Gasteiger charge is -2.53. The van der Waals surface area contributed by atoms with Crippen LogP contribution in [-0.2, 0) is 9.47 Å². The van der Waals surface area contributed by atoms with Crippen LogP contribution >= 0.6 is 0 Å². The molecule has 3 fully saturated rings. The molecule has 1 aromatic rings. The summed E-state index contributed by atoms with van der Waals surface area (Å²) in [6, 6.07) is 4.13. The minimum Gasteiger partial charge on any atom is -0.377 e. The van der Waals surface area contributed by atoms with Gasteiger partial charge in [0.05, 0.1) is 32.0 Å². The van der Waals surface area contributed by atoms with Crippen molar-refractivity contribution in [3.8, 4) is 0 Å². The molecule has 0 aromatic carbocycles. The van der Waals surface area contributed by atoms with Gasteiger partial charge in [-0.05, 0) is 26.2 Å². The molecule has 1 atom stereocenters. The molecule has 0 unspecified atom stereocenters. The zero-order valence-electron chi connectivity index (χ0n) is 13.7. The number of hydrogen-bond donors (Lipinski definition) is 1. The summed E-state index contributed by atoms with van der Waals surface area (Å²) in [5, 5.41) is 0. The summed E-state index contributed by atoms with van der Waals surface area (Å²) in [5.74, 6) is 0.939. The molecular weight excluding hydrogens is 294 g/mol. The van der Waals surface area contributed by atoms with E-state index in [9.17, 15) is 4.79 Å². The van der Waals surface area contributed by atoms with Crippen LogP contribution in [0.3, 0.4) is 0 Å². The third kappa shape index (κ3) is 2.64. The highest BCUT2D eigenvalue weighted by Gasteiger charge is 2.45. The van der Waals surface area contributed by atoms with Crippen molar-refractivity contribution in [1.29, 1.82) is 0 Å². The molecule has 1 aromatic heterocycles. The van der Waals surface area contributed by atoms with E-state index < -0.39 is 0 Å². The Balaban J connectivity index is 1.67. The zero-order valence-corrected chi connectivity index (χ0v) is 13.7. The highest BCUT2D eigenvalue weighted by atomic mass is 16.5. The molecule has 1 aliphatic carbocycles. The standard InChI is InChI=1S/C17H25N3O3/c1-13-11-22-7-5-19(13)14-9-15(18-16(21)10-14)20-6-8-23-12-17(20)3-2-4-17/h9-10,13H,2-8,11-12H2,1H3,(H,18,21)/t13-/m1/s1. The van der Waals surface area contributed by atoms with Crippen LogP contribution in [0.4, 0.5) is 11.5 Å². The van der Waals surface area contributed by atoms with Gasteiger partial charge in [0.1, 0.15) is 5.82 Å². The van der Waals surface area contributed by atoms with Crippen molar-refractivity contribution < 1.29 is 9.47 Å². The maximum Gasteiger partial charge on any atom is 0.251 e.